The molecule has 0 unspecified atom stereocenters. The molecular weight excluding hydrogens is 391 g/mol. The lowest BCUT2D eigenvalue weighted by atomic mass is 10.1. The van der Waals surface area contributed by atoms with E-state index in [-0.39, 0.29) is 11.7 Å². The van der Waals surface area contributed by atoms with E-state index in [0.29, 0.717) is 31.5 Å². The van der Waals surface area contributed by atoms with Crippen molar-refractivity contribution in [3.8, 4) is 5.75 Å². The van der Waals surface area contributed by atoms with Crippen LogP contribution in [0.5, 0.6) is 5.75 Å². The molecule has 0 atom stereocenters. The Balaban J connectivity index is 1.45. The first kappa shape index (κ1) is 20.7. The lowest BCUT2D eigenvalue weighted by molar-refractivity contribution is -0.121. The van der Waals surface area contributed by atoms with Crippen LogP contribution in [0, 0.1) is 5.82 Å². The minimum Gasteiger partial charge on any atom is -0.496 e. The Kier molecular flexibility index (Phi) is 6.32. The van der Waals surface area contributed by atoms with Gasteiger partial charge in [0.1, 0.15) is 11.6 Å². The molecule has 4 rings (SSSR count). The zero-order valence-corrected chi connectivity index (χ0v) is 17.5. The maximum Gasteiger partial charge on any atom is 0.220 e. The molecule has 0 bridgehead atoms. The van der Waals surface area contributed by atoms with Gasteiger partial charge in [0.05, 0.1) is 13.7 Å². The number of methoxy groups -OCH3 is 1. The van der Waals surface area contributed by atoms with Gasteiger partial charge < -0.3 is 14.6 Å². The molecule has 0 aliphatic carbocycles. The van der Waals surface area contributed by atoms with E-state index in [2.05, 4.69) is 16.0 Å². The van der Waals surface area contributed by atoms with Crippen LogP contribution in [0.15, 0.2) is 79.0 Å². The number of halogens is 1. The van der Waals surface area contributed by atoms with E-state index in [0.717, 1.165) is 27.8 Å². The molecule has 0 spiro atoms. The van der Waals surface area contributed by atoms with Crippen molar-refractivity contribution >= 4 is 16.8 Å². The van der Waals surface area contributed by atoms with E-state index < -0.39 is 0 Å². The summed E-state index contributed by atoms with van der Waals surface area (Å²) in [5.74, 6) is 0.536. The van der Waals surface area contributed by atoms with Crippen LogP contribution in [0.1, 0.15) is 23.1 Å². The Morgan fingerprint density at radius 2 is 1.65 bits per heavy atom. The quantitative estimate of drug-likeness (QED) is 0.435. The molecule has 4 aromatic rings. The van der Waals surface area contributed by atoms with E-state index >= 15 is 0 Å². The second-order valence-electron chi connectivity index (χ2n) is 7.48. The molecule has 1 aromatic heterocycles. The van der Waals surface area contributed by atoms with Gasteiger partial charge in [0, 0.05) is 41.2 Å². The third-order valence-corrected chi connectivity index (χ3v) is 5.46. The molecule has 0 saturated heterocycles. The number of aryl methyl sites for hydroxylation is 1. The van der Waals surface area contributed by atoms with E-state index in [9.17, 15) is 9.18 Å². The molecule has 0 aliphatic heterocycles. The summed E-state index contributed by atoms with van der Waals surface area (Å²) in [6, 6.07) is 22.5. The molecule has 0 fully saturated rings. The lowest BCUT2D eigenvalue weighted by Gasteiger charge is -2.09. The number of carbonyl (C=O) groups excluding carboxylic acids is 1. The van der Waals surface area contributed by atoms with Gasteiger partial charge in [0.2, 0.25) is 5.91 Å². The number of nitrogens with one attached hydrogen (secondary N) is 1. The van der Waals surface area contributed by atoms with Crippen molar-refractivity contribution in [1.82, 2.24) is 9.88 Å². The first-order valence-electron chi connectivity index (χ1n) is 10.3. The summed E-state index contributed by atoms with van der Waals surface area (Å²) >= 11 is 0. The van der Waals surface area contributed by atoms with Crippen LogP contribution >= 0.6 is 0 Å². The topological polar surface area (TPSA) is 43.3 Å². The number of benzene rings is 3. The molecule has 3 aromatic carbocycles. The fourth-order valence-corrected chi connectivity index (χ4v) is 3.84. The highest BCUT2D eigenvalue weighted by Crippen LogP contribution is 2.24. The summed E-state index contributed by atoms with van der Waals surface area (Å²) < 4.78 is 21.5. The van der Waals surface area contributed by atoms with Gasteiger partial charge in [0.25, 0.3) is 0 Å². The second kappa shape index (κ2) is 9.47. The Morgan fingerprint density at radius 3 is 2.45 bits per heavy atom. The number of hydrogen-bond donors (Lipinski definition) is 1. The first-order chi connectivity index (χ1) is 15.2. The molecule has 0 aliphatic rings. The van der Waals surface area contributed by atoms with Crippen molar-refractivity contribution in [3.63, 3.8) is 0 Å². The SMILES string of the molecule is COc1ccccc1CNC(=O)CCc1cn(Cc2ccccc2F)c2ccccc12. The summed E-state index contributed by atoms with van der Waals surface area (Å²) in [4.78, 5) is 12.5. The van der Waals surface area contributed by atoms with Crippen LogP contribution < -0.4 is 10.1 Å². The summed E-state index contributed by atoms with van der Waals surface area (Å²) in [5, 5.41) is 4.06. The molecule has 4 nitrogen and oxygen atoms in total. The Morgan fingerprint density at radius 1 is 0.935 bits per heavy atom. The van der Waals surface area contributed by atoms with Crippen LogP contribution in [-0.4, -0.2) is 17.6 Å². The van der Waals surface area contributed by atoms with Gasteiger partial charge in [0.15, 0.2) is 0 Å². The number of ether oxygens (including phenoxy) is 1. The molecule has 1 heterocycles. The van der Waals surface area contributed by atoms with Gasteiger partial charge in [-0.3, -0.25) is 4.79 Å². The number of rotatable bonds is 8. The molecule has 5 heteroatoms. The highest BCUT2D eigenvalue weighted by molar-refractivity contribution is 5.85. The number of aromatic nitrogens is 1. The molecule has 0 saturated carbocycles. The lowest BCUT2D eigenvalue weighted by Crippen LogP contribution is -2.23. The van der Waals surface area contributed by atoms with Crippen molar-refractivity contribution in [3.05, 3.63) is 102 Å². The predicted molar refractivity (Wildman–Crippen MR) is 121 cm³/mol. The third kappa shape index (κ3) is 4.77. The maximum absolute atomic E-state index is 14.1. The zero-order chi connectivity index (χ0) is 21.6. The predicted octanol–water partition coefficient (Wildman–Crippen LogP) is 5.09. The summed E-state index contributed by atoms with van der Waals surface area (Å²) in [5.41, 5.74) is 3.71. The minimum absolute atomic E-state index is 0.0168. The highest BCUT2D eigenvalue weighted by Gasteiger charge is 2.12. The number of para-hydroxylation sites is 2. The van der Waals surface area contributed by atoms with Crippen LogP contribution in [-0.2, 0) is 24.3 Å². The standard InChI is InChI=1S/C26H25FN2O2/c1-31-25-13-7-3-8-19(25)16-28-26(30)15-14-20-17-29(24-12-6-4-10-22(20)24)18-21-9-2-5-11-23(21)27/h2-13,17H,14-16,18H2,1H3,(H,28,30). The largest absolute Gasteiger partial charge is 0.496 e. The number of nitrogens with zero attached hydrogens (tertiary/aromatic N) is 1. The summed E-state index contributed by atoms with van der Waals surface area (Å²) in [6.07, 6.45) is 3.02. The Hall–Kier alpha value is -3.60. The number of hydrogen-bond acceptors (Lipinski definition) is 2. The molecule has 0 radical (unpaired) electrons. The van der Waals surface area contributed by atoms with Crippen LogP contribution in [0.25, 0.3) is 10.9 Å². The van der Waals surface area contributed by atoms with E-state index in [1.54, 1.807) is 19.2 Å². The van der Waals surface area contributed by atoms with Crippen LogP contribution in [0.2, 0.25) is 0 Å². The van der Waals surface area contributed by atoms with Gasteiger partial charge in [-0.15, -0.1) is 0 Å². The molecule has 1 N–H and O–H groups in total. The molecule has 31 heavy (non-hydrogen) atoms. The van der Waals surface area contributed by atoms with Crippen molar-refractivity contribution < 1.29 is 13.9 Å². The molecule has 158 valence electrons. The maximum atomic E-state index is 14.1. The monoisotopic (exact) mass is 416 g/mol. The van der Waals surface area contributed by atoms with Gasteiger partial charge >= 0.3 is 0 Å². The van der Waals surface area contributed by atoms with E-state index in [1.807, 2.05) is 54.7 Å². The third-order valence-electron chi connectivity index (χ3n) is 5.46. The van der Waals surface area contributed by atoms with E-state index in [4.69, 9.17) is 4.74 Å². The van der Waals surface area contributed by atoms with Gasteiger partial charge in [-0.25, -0.2) is 4.39 Å². The summed E-state index contributed by atoms with van der Waals surface area (Å²) in [6.45, 7) is 0.880. The van der Waals surface area contributed by atoms with Gasteiger partial charge in [-0.2, -0.15) is 0 Å². The van der Waals surface area contributed by atoms with Crippen molar-refractivity contribution in [2.75, 3.05) is 7.11 Å². The minimum atomic E-state index is -0.211. The fraction of sp³-hybridized carbons (Fsp3) is 0.192. The van der Waals surface area contributed by atoms with E-state index in [1.165, 1.54) is 6.07 Å². The van der Waals surface area contributed by atoms with Crippen molar-refractivity contribution in [2.24, 2.45) is 0 Å². The Labute approximate surface area is 181 Å². The smallest absolute Gasteiger partial charge is 0.220 e. The van der Waals surface area contributed by atoms with Crippen LogP contribution in [0.3, 0.4) is 0 Å². The Bertz CT molecular complexity index is 1200. The highest BCUT2D eigenvalue weighted by atomic mass is 19.1. The average molecular weight is 416 g/mol. The molecular formula is C26H25FN2O2. The summed E-state index contributed by atoms with van der Waals surface area (Å²) in [7, 11) is 1.62. The molecule has 1 amide bonds. The van der Waals surface area contributed by atoms with Gasteiger partial charge in [-0.05, 0) is 30.2 Å². The zero-order valence-electron chi connectivity index (χ0n) is 17.5. The van der Waals surface area contributed by atoms with Gasteiger partial charge in [-0.1, -0.05) is 54.6 Å². The number of carbonyl (C=O) groups is 1. The number of fused-ring (bicyclic) bond motifs is 1. The normalized spacial score (nSPS) is 10.9. The van der Waals surface area contributed by atoms with Crippen LogP contribution in [0.4, 0.5) is 4.39 Å². The average Bonchev–Trinajstić information content (AvgIpc) is 3.15. The van der Waals surface area contributed by atoms with Crippen molar-refractivity contribution in [1.29, 1.82) is 0 Å². The van der Waals surface area contributed by atoms with Crippen molar-refractivity contribution in [2.45, 2.75) is 25.9 Å². The fourth-order valence-electron chi connectivity index (χ4n) is 3.84. The number of amides is 1. The first-order valence-corrected chi connectivity index (χ1v) is 10.3. The second-order valence-corrected chi connectivity index (χ2v) is 7.48.